The van der Waals surface area contributed by atoms with Gasteiger partial charge in [0.2, 0.25) is 0 Å². The summed E-state index contributed by atoms with van der Waals surface area (Å²) < 4.78 is 0. The summed E-state index contributed by atoms with van der Waals surface area (Å²) in [5.41, 5.74) is 1.66. The average Bonchev–Trinajstić information content (AvgIpc) is 2.52. The maximum atomic E-state index is 11.0. The van der Waals surface area contributed by atoms with Crippen LogP contribution in [0.15, 0.2) is 24.3 Å². The quantitative estimate of drug-likeness (QED) is 0.892. The van der Waals surface area contributed by atoms with Gasteiger partial charge in [0.15, 0.2) is 0 Å². The van der Waals surface area contributed by atoms with Gasteiger partial charge in [0.25, 0.3) is 0 Å². The summed E-state index contributed by atoms with van der Waals surface area (Å²) in [5.74, 6) is -0.145. The van der Waals surface area contributed by atoms with Crippen LogP contribution in [0.2, 0.25) is 0 Å². The van der Waals surface area contributed by atoms with Crippen molar-refractivity contribution >= 4 is 5.97 Å². The Bertz CT molecular complexity index is 454. The molecule has 0 radical (unpaired) electrons. The van der Waals surface area contributed by atoms with Gasteiger partial charge in [-0.1, -0.05) is 19.1 Å². The van der Waals surface area contributed by atoms with Crippen LogP contribution in [0.25, 0.3) is 0 Å². The molecule has 1 aromatic carbocycles. The van der Waals surface area contributed by atoms with Gasteiger partial charge in [-0.15, -0.1) is 0 Å². The van der Waals surface area contributed by atoms with Gasteiger partial charge in [-0.2, -0.15) is 0 Å². The van der Waals surface area contributed by atoms with Crippen LogP contribution in [0, 0.1) is 5.92 Å². The zero-order chi connectivity index (χ0) is 13.3. The molecule has 1 unspecified atom stereocenters. The van der Waals surface area contributed by atoms with Crippen molar-refractivity contribution in [3.8, 4) is 0 Å². The number of nitrogens with zero attached hydrogens (tertiary/aromatic N) is 1. The normalized spacial score (nSPS) is 23.2. The van der Waals surface area contributed by atoms with E-state index in [4.69, 9.17) is 5.11 Å². The molecule has 18 heavy (non-hydrogen) atoms. The SMILES string of the molecule is CC1CN(Cc2cccc(C(=O)O)c2)C(C)(C)C1. The summed E-state index contributed by atoms with van der Waals surface area (Å²) in [4.78, 5) is 13.4. The molecule has 1 N–H and O–H groups in total. The Morgan fingerprint density at radius 1 is 1.50 bits per heavy atom. The second kappa shape index (κ2) is 4.73. The second-order valence-electron chi connectivity index (χ2n) is 6.01. The molecule has 1 fully saturated rings. The van der Waals surface area contributed by atoms with Crippen molar-refractivity contribution in [2.24, 2.45) is 5.92 Å². The van der Waals surface area contributed by atoms with Crippen molar-refractivity contribution in [2.45, 2.75) is 39.3 Å². The first-order valence-corrected chi connectivity index (χ1v) is 6.46. The lowest BCUT2D eigenvalue weighted by atomic mass is 9.97. The Morgan fingerprint density at radius 3 is 2.78 bits per heavy atom. The van der Waals surface area contributed by atoms with Crippen LogP contribution in [-0.2, 0) is 6.54 Å². The summed E-state index contributed by atoms with van der Waals surface area (Å²) >= 11 is 0. The fourth-order valence-corrected chi connectivity index (χ4v) is 2.97. The van der Waals surface area contributed by atoms with E-state index in [2.05, 4.69) is 25.7 Å². The fourth-order valence-electron chi connectivity index (χ4n) is 2.97. The van der Waals surface area contributed by atoms with Crippen molar-refractivity contribution in [1.82, 2.24) is 4.90 Å². The smallest absolute Gasteiger partial charge is 0.335 e. The highest BCUT2D eigenvalue weighted by Crippen LogP contribution is 2.33. The Labute approximate surface area is 108 Å². The van der Waals surface area contributed by atoms with E-state index in [9.17, 15) is 4.79 Å². The molecule has 2 rings (SSSR count). The van der Waals surface area contributed by atoms with E-state index in [0.717, 1.165) is 18.7 Å². The third-order valence-electron chi connectivity index (χ3n) is 3.78. The van der Waals surface area contributed by atoms with Gasteiger partial charge in [-0.05, 0) is 43.9 Å². The van der Waals surface area contributed by atoms with E-state index in [-0.39, 0.29) is 5.54 Å². The molecule has 0 aromatic heterocycles. The minimum atomic E-state index is -0.856. The summed E-state index contributed by atoms with van der Waals surface area (Å²) in [6.07, 6.45) is 1.20. The lowest BCUT2D eigenvalue weighted by Gasteiger charge is -2.31. The molecule has 98 valence electrons. The van der Waals surface area contributed by atoms with E-state index in [1.165, 1.54) is 6.42 Å². The fraction of sp³-hybridized carbons (Fsp3) is 0.533. The highest BCUT2D eigenvalue weighted by atomic mass is 16.4. The van der Waals surface area contributed by atoms with E-state index in [1.54, 1.807) is 12.1 Å². The highest BCUT2D eigenvalue weighted by molar-refractivity contribution is 5.87. The lowest BCUT2D eigenvalue weighted by molar-refractivity contribution is 0.0696. The molecule has 3 nitrogen and oxygen atoms in total. The van der Waals surface area contributed by atoms with Gasteiger partial charge in [-0.3, -0.25) is 4.90 Å². The number of hydrogen-bond donors (Lipinski definition) is 1. The monoisotopic (exact) mass is 247 g/mol. The second-order valence-corrected chi connectivity index (χ2v) is 6.01. The van der Waals surface area contributed by atoms with E-state index in [1.807, 2.05) is 12.1 Å². The number of carboxylic acid groups (broad SMARTS) is 1. The van der Waals surface area contributed by atoms with Crippen LogP contribution >= 0.6 is 0 Å². The molecule has 0 spiro atoms. The van der Waals surface area contributed by atoms with Gasteiger partial charge in [0.1, 0.15) is 0 Å². The third-order valence-corrected chi connectivity index (χ3v) is 3.78. The zero-order valence-corrected chi connectivity index (χ0v) is 11.3. The summed E-state index contributed by atoms with van der Waals surface area (Å²) in [6, 6.07) is 7.25. The molecule has 0 aliphatic carbocycles. The Balaban J connectivity index is 2.14. The Kier molecular flexibility index (Phi) is 3.44. The predicted octanol–water partition coefficient (Wildman–Crippen LogP) is 3.01. The number of likely N-dealkylation sites (tertiary alicyclic amines) is 1. The maximum absolute atomic E-state index is 11.0. The molecular weight excluding hydrogens is 226 g/mol. The van der Waals surface area contributed by atoms with Gasteiger partial charge >= 0.3 is 5.97 Å². The van der Waals surface area contributed by atoms with Crippen molar-refractivity contribution in [3.63, 3.8) is 0 Å². The first kappa shape index (κ1) is 13.1. The molecule has 1 atom stereocenters. The number of rotatable bonds is 3. The molecule has 0 bridgehead atoms. The van der Waals surface area contributed by atoms with Crippen LogP contribution < -0.4 is 0 Å². The van der Waals surface area contributed by atoms with Crippen molar-refractivity contribution in [3.05, 3.63) is 35.4 Å². The number of carbonyl (C=O) groups is 1. The number of benzene rings is 1. The highest BCUT2D eigenvalue weighted by Gasteiger charge is 2.35. The predicted molar refractivity (Wildman–Crippen MR) is 71.7 cm³/mol. The Hall–Kier alpha value is -1.35. The summed E-state index contributed by atoms with van der Waals surface area (Å²) in [5, 5.41) is 9.00. The standard InChI is InChI=1S/C15H21NO2/c1-11-8-15(2,3)16(9-11)10-12-5-4-6-13(7-12)14(17)18/h4-7,11H,8-10H2,1-3H3,(H,17,18). The molecule has 0 saturated carbocycles. The molecule has 0 amide bonds. The van der Waals surface area contributed by atoms with Crippen molar-refractivity contribution < 1.29 is 9.90 Å². The van der Waals surface area contributed by atoms with Crippen LogP contribution in [0.4, 0.5) is 0 Å². The van der Waals surface area contributed by atoms with E-state index in [0.29, 0.717) is 11.5 Å². The van der Waals surface area contributed by atoms with Crippen molar-refractivity contribution in [2.75, 3.05) is 6.54 Å². The molecule has 1 aliphatic rings. The van der Waals surface area contributed by atoms with Crippen LogP contribution in [0.1, 0.15) is 43.1 Å². The van der Waals surface area contributed by atoms with Crippen LogP contribution in [0.3, 0.4) is 0 Å². The first-order valence-electron chi connectivity index (χ1n) is 6.46. The van der Waals surface area contributed by atoms with Gasteiger partial charge in [0.05, 0.1) is 5.56 Å². The van der Waals surface area contributed by atoms with Crippen molar-refractivity contribution in [1.29, 1.82) is 0 Å². The minimum Gasteiger partial charge on any atom is -0.478 e. The van der Waals surface area contributed by atoms with Crippen LogP contribution in [-0.4, -0.2) is 28.1 Å². The third kappa shape index (κ3) is 2.72. The maximum Gasteiger partial charge on any atom is 0.335 e. The minimum absolute atomic E-state index is 0.207. The number of hydrogen-bond acceptors (Lipinski definition) is 2. The summed E-state index contributed by atoms with van der Waals surface area (Å²) in [7, 11) is 0. The molecule has 1 aliphatic heterocycles. The molecule has 1 heterocycles. The average molecular weight is 247 g/mol. The number of carboxylic acids is 1. The van der Waals surface area contributed by atoms with Crippen LogP contribution in [0.5, 0.6) is 0 Å². The zero-order valence-electron chi connectivity index (χ0n) is 11.3. The molecule has 3 heteroatoms. The topological polar surface area (TPSA) is 40.5 Å². The van der Waals surface area contributed by atoms with Gasteiger partial charge < -0.3 is 5.11 Å². The Morgan fingerprint density at radius 2 is 2.22 bits per heavy atom. The molecule has 1 saturated heterocycles. The molecule has 1 aromatic rings. The van der Waals surface area contributed by atoms with Gasteiger partial charge in [-0.25, -0.2) is 4.79 Å². The van der Waals surface area contributed by atoms with E-state index >= 15 is 0 Å². The first-order chi connectivity index (χ1) is 8.38. The lowest BCUT2D eigenvalue weighted by Crippen LogP contribution is -2.37. The number of aromatic carboxylic acids is 1. The summed E-state index contributed by atoms with van der Waals surface area (Å²) in [6.45, 7) is 8.72. The molecular formula is C15H21NO2. The van der Waals surface area contributed by atoms with E-state index < -0.39 is 5.97 Å². The van der Waals surface area contributed by atoms with Gasteiger partial charge in [0, 0.05) is 18.6 Å². The largest absolute Gasteiger partial charge is 0.478 e.